The van der Waals surface area contributed by atoms with Crippen LogP contribution in [0.15, 0.2) is 0 Å². The number of nitrogens with one attached hydrogen (secondary N) is 1. The van der Waals surface area contributed by atoms with Gasteiger partial charge in [0.1, 0.15) is 0 Å². The zero-order valence-corrected chi connectivity index (χ0v) is 9.10. The molecule has 0 bridgehead atoms. The lowest BCUT2D eigenvalue weighted by Crippen LogP contribution is -2.41. The van der Waals surface area contributed by atoms with Gasteiger partial charge in [-0.15, -0.1) is 0 Å². The van der Waals surface area contributed by atoms with E-state index in [-0.39, 0.29) is 0 Å². The van der Waals surface area contributed by atoms with Crippen LogP contribution >= 0.6 is 0 Å². The van der Waals surface area contributed by atoms with Gasteiger partial charge in [0, 0.05) is 12.6 Å². The SMILES string of the molecule is CC(C)CC1(CNC2CC2)CCC1. The largest absolute Gasteiger partial charge is 0.313 e. The third-order valence-corrected chi connectivity index (χ3v) is 3.60. The van der Waals surface area contributed by atoms with Crippen molar-refractivity contribution in [3.8, 4) is 0 Å². The number of rotatable bonds is 5. The second-order valence-corrected chi connectivity index (χ2v) is 5.61. The number of hydrogen-bond donors (Lipinski definition) is 1. The Morgan fingerprint density at radius 3 is 2.38 bits per heavy atom. The maximum atomic E-state index is 3.70. The zero-order chi connectivity index (χ0) is 9.31. The fraction of sp³-hybridized carbons (Fsp3) is 1.00. The average Bonchev–Trinajstić information content (AvgIpc) is 2.76. The highest BCUT2D eigenvalue weighted by Gasteiger charge is 2.38. The van der Waals surface area contributed by atoms with Crippen LogP contribution in [0, 0.1) is 11.3 Å². The molecule has 2 aliphatic carbocycles. The molecule has 13 heavy (non-hydrogen) atoms. The van der Waals surface area contributed by atoms with Crippen molar-refractivity contribution in [1.29, 1.82) is 0 Å². The second kappa shape index (κ2) is 3.61. The summed E-state index contributed by atoms with van der Waals surface area (Å²) < 4.78 is 0. The summed E-state index contributed by atoms with van der Waals surface area (Å²) in [6, 6.07) is 0.893. The van der Waals surface area contributed by atoms with Crippen molar-refractivity contribution < 1.29 is 0 Å². The molecule has 1 N–H and O–H groups in total. The Hall–Kier alpha value is -0.0400. The van der Waals surface area contributed by atoms with Gasteiger partial charge in [0.25, 0.3) is 0 Å². The van der Waals surface area contributed by atoms with Crippen molar-refractivity contribution in [2.45, 2.75) is 58.4 Å². The molecular formula is C12H23N. The molecule has 1 heteroatoms. The first-order valence-corrected chi connectivity index (χ1v) is 5.94. The zero-order valence-electron chi connectivity index (χ0n) is 9.10. The maximum Gasteiger partial charge on any atom is 0.00684 e. The first-order valence-electron chi connectivity index (χ1n) is 5.94. The summed E-state index contributed by atoms with van der Waals surface area (Å²) >= 11 is 0. The Morgan fingerprint density at radius 1 is 1.31 bits per heavy atom. The molecule has 2 rings (SSSR count). The van der Waals surface area contributed by atoms with E-state index in [0.717, 1.165) is 12.0 Å². The summed E-state index contributed by atoms with van der Waals surface area (Å²) in [6.45, 7) is 6.02. The lowest BCUT2D eigenvalue weighted by atomic mass is 9.64. The van der Waals surface area contributed by atoms with Gasteiger partial charge in [-0.1, -0.05) is 20.3 Å². The molecule has 76 valence electrons. The van der Waals surface area contributed by atoms with E-state index in [1.54, 1.807) is 0 Å². The van der Waals surface area contributed by atoms with Gasteiger partial charge in [0.2, 0.25) is 0 Å². The van der Waals surface area contributed by atoms with Crippen LogP contribution in [0.5, 0.6) is 0 Å². The van der Waals surface area contributed by atoms with E-state index < -0.39 is 0 Å². The molecule has 0 aromatic rings. The summed E-state index contributed by atoms with van der Waals surface area (Å²) in [7, 11) is 0. The summed E-state index contributed by atoms with van der Waals surface area (Å²) in [5, 5.41) is 3.70. The highest BCUT2D eigenvalue weighted by atomic mass is 15.0. The van der Waals surface area contributed by atoms with Crippen LogP contribution in [0.4, 0.5) is 0 Å². The lowest BCUT2D eigenvalue weighted by Gasteiger charge is -2.43. The van der Waals surface area contributed by atoms with Crippen LogP contribution in [0.1, 0.15) is 52.4 Å². The molecule has 1 nitrogen and oxygen atoms in total. The quantitative estimate of drug-likeness (QED) is 0.687. The predicted molar refractivity (Wildman–Crippen MR) is 56.8 cm³/mol. The molecule has 0 aromatic carbocycles. The average molecular weight is 181 g/mol. The molecule has 0 aliphatic heterocycles. The Morgan fingerprint density at radius 2 is 2.00 bits per heavy atom. The van der Waals surface area contributed by atoms with Crippen molar-refractivity contribution in [1.82, 2.24) is 5.32 Å². The van der Waals surface area contributed by atoms with Crippen LogP contribution in [-0.2, 0) is 0 Å². The summed E-state index contributed by atoms with van der Waals surface area (Å²) in [5.41, 5.74) is 0.705. The Labute approximate surface area is 82.3 Å². The molecule has 2 aliphatic rings. The minimum Gasteiger partial charge on any atom is -0.313 e. The maximum absolute atomic E-state index is 3.70. The molecule has 2 saturated carbocycles. The third-order valence-electron chi connectivity index (χ3n) is 3.60. The van der Waals surface area contributed by atoms with Crippen molar-refractivity contribution in [2.75, 3.05) is 6.54 Å². The highest BCUT2D eigenvalue weighted by molar-refractivity contribution is 4.93. The lowest BCUT2D eigenvalue weighted by molar-refractivity contribution is 0.0979. The predicted octanol–water partition coefficient (Wildman–Crippen LogP) is 2.95. The van der Waals surface area contributed by atoms with E-state index >= 15 is 0 Å². The van der Waals surface area contributed by atoms with Gasteiger partial charge < -0.3 is 5.32 Å². The molecule has 0 aromatic heterocycles. The van der Waals surface area contributed by atoms with E-state index in [1.807, 2.05) is 0 Å². The molecule has 0 amide bonds. The molecule has 0 heterocycles. The minimum atomic E-state index is 0.705. The smallest absolute Gasteiger partial charge is 0.00684 e. The molecule has 0 saturated heterocycles. The van der Waals surface area contributed by atoms with E-state index in [9.17, 15) is 0 Å². The van der Waals surface area contributed by atoms with Gasteiger partial charge in [0.15, 0.2) is 0 Å². The molecule has 0 radical (unpaired) electrons. The Kier molecular flexibility index (Phi) is 2.64. The fourth-order valence-electron chi connectivity index (χ4n) is 2.64. The van der Waals surface area contributed by atoms with Gasteiger partial charge in [-0.3, -0.25) is 0 Å². The van der Waals surface area contributed by atoms with E-state index in [2.05, 4.69) is 19.2 Å². The fourth-order valence-corrected chi connectivity index (χ4v) is 2.64. The van der Waals surface area contributed by atoms with Gasteiger partial charge in [0.05, 0.1) is 0 Å². The van der Waals surface area contributed by atoms with Crippen molar-refractivity contribution in [3.05, 3.63) is 0 Å². The molecule has 0 unspecified atom stereocenters. The Bertz CT molecular complexity index is 166. The van der Waals surface area contributed by atoms with Crippen LogP contribution in [0.3, 0.4) is 0 Å². The van der Waals surface area contributed by atoms with E-state index in [4.69, 9.17) is 0 Å². The van der Waals surface area contributed by atoms with Gasteiger partial charge in [-0.05, 0) is 43.4 Å². The van der Waals surface area contributed by atoms with Gasteiger partial charge in [-0.25, -0.2) is 0 Å². The van der Waals surface area contributed by atoms with Crippen molar-refractivity contribution in [2.24, 2.45) is 11.3 Å². The topological polar surface area (TPSA) is 12.0 Å². The second-order valence-electron chi connectivity index (χ2n) is 5.61. The van der Waals surface area contributed by atoms with Gasteiger partial charge in [-0.2, -0.15) is 0 Å². The van der Waals surface area contributed by atoms with E-state index in [0.29, 0.717) is 5.41 Å². The highest BCUT2D eigenvalue weighted by Crippen LogP contribution is 2.45. The van der Waals surface area contributed by atoms with Crippen LogP contribution in [0.25, 0.3) is 0 Å². The normalized spacial score (nSPS) is 26.1. The van der Waals surface area contributed by atoms with Crippen LogP contribution < -0.4 is 5.32 Å². The van der Waals surface area contributed by atoms with Crippen LogP contribution in [0.2, 0.25) is 0 Å². The Balaban J connectivity index is 1.75. The molecule has 0 spiro atoms. The molecular weight excluding hydrogens is 158 g/mol. The van der Waals surface area contributed by atoms with Crippen molar-refractivity contribution in [3.63, 3.8) is 0 Å². The summed E-state index contributed by atoms with van der Waals surface area (Å²) in [4.78, 5) is 0. The first-order chi connectivity index (χ1) is 6.20. The van der Waals surface area contributed by atoms with Crippen LogP contribution in [-0.4, -0.2) is 12.6 Å². The third kappa shape index (κ3) is 2.46. The summed E-state index contributed by atoms with van der Waals surface area (Å²) in [6.07, 6.45) is 8.72. The monoisotopic (exact) mass is 181 g/mol. The van der Waals surface area contributed by atoms with Gasteiger partial charge >= 0.3 is 0 Å². The number of hydrogen-bond acceptors (Lipinski definition) is 1. The first kappa shape index (κ1) is 9.51. The van der Waals surface area contributed by atoms with E-state index in [1.165, 1.54) is 45.1 Å². The summed E-state index contributed by atoms with van der Waals surface area (Å²) in [5.74, 6) is 0.876. The minimum absolute atomic E-state index is 0.705. The molecule has 2 fully saturated rings. The molecule has 0 atom stereocenters. The van der Waals surface area contributed by atoms with Crippen molar-refractivity contribution >= 4 is 0 Å². The standard InChI is InChI=1S/C12H23N/c1-10(2)8-12(6-3-7-12)9-13-11-4-5-11/h10-11,13H,3-9H2,1-2H3.